The molecule has 0 aliphatic heterocycles. The lowest BCUT2D eigenvalue weighted by molar-refractivity contribution is 0.691. The molecule has 0 saturated carbocycles. The van der Waals surface area contributed by atoms with Gasteiger partial charge in [0, 0.05) is 12.6 Å². The van der Waals surface area contributed by atoms with Gasteiger partial charge in [0.1, 0.15) is 5.82 Å². The van der Waals surface area contributed by atoms with Crippen molar-refractivity contribution in [3.05, 3.63) is 23.8 Å². The normalized spacial score (nSPS) is 10.3. The fraction of sp³-hybridized carbons (Fsp3) is 0.600. The Bertz CT molecular complexity index is 250. The summed E-state index contributed by atoms with van der Waals surface area (Å²) >= 11 is 5.67. The standard InChI is InChI=1S/C10H15ClN2/c1-2-3-4-5-10-12-7-6-9(8-11)13-10/h6-7H,2-5,8H2,1H3. The topological polar surface area (TPSA) is 25.8 Å². The maximum absolute atomic E-state index is 5.67. The molecule has 0 N–H and O–H groups in total. The van der Waals surface area contributed by atoms with Gasteiger partial charge in [0.15, 0.2) is 0 Å². The smallest absolute Gasteiger partial charge is 0.128 e. The molecule has 13 heavy (non-hydrogen) atoms. The van der Waals surface area contributed by atoms with Crippen LogP contribution >= 0.6 is 11.6 Å². The summed E-state index contributed by atoms with van der Waals surface area (Å²) in [6.07, 6.45) is 6.40. The van der Waals surface area contributed by atoms with Crippen molar-refractivity contribution in [1.29, 1.82) is 0 Å². The van der Waals surface area contributed by atoms with E-state index in [2.05, 4.69) is 16.9 Å². The Hall–Kier alpha value is -0.630. The molecule has 0 aliphatic rings. The lowest BCUT2D eigenvalue weighted by Crippen LogP contribution is -1.97. The summed E-state index contributed by atoms with van der Waals surface area (Å²) in [6, 6.07) is 1.86. The van der Waals surface area contributed by atoms with Crippen LogP contribution in [0, 0.1) is 0 Å². The molecular formula is C10H15ClN2. The Morgan fingerprint density at radius 3 is 2.92 bits per heavy atom. The van der Waals surface area contributed by atoms with Crippen molar-refractivity contribution < 1.29 is 0 Å². The third kappa shape index (κ3) is 3.73. The Kier molecular flexibility index (Phi) is 4.76. The number of nitrogens with zero attached hydrogens (tertiary/aromatic N) is 2. The van der Waals surface area contributed by atoms with E-state index in [9.17, 15) is 0 Å². The Labute approximate surface area is 84.4 Å². The van der Waals surface area contributed by atoms with E-state index in [1.165, 1.54) is 19.3 Å². The molecule has 1 heterocycles. The molecule has 0 atom stereocenters. The molecule has 1 rings (SSSR count). The molecule has 0 unspecified atom stereocenters. The second-order valence-electron chi connectivity index (χ2n) is 3.05. The molecule has 0 aliphatic carbocycles. The fourth-order valence-electron chi connectivity index (χ4n) is 1.17. The summed E-state index contributed by atoms with van der Waals surface area (Å²) in [5.41, 5.74) is 0.920. The number of rotatable bonds is 5. The van der Waals surface area contributed by atoms with E-state index >= 15 is 0 Å². The number of hydrogen-bond donors (Lipinski definition) is 0. The van der Waals surface area contributed by atoms with Crippen LogP contribution in [0.4, 0.5) is 0 Å². The average molecular weight is 199 g/mol. The lowest BCUT2D eigenvalue weighted by atomic mass is 10.2. The first kappa shape index (κ1) is 10.5. The molecule has 0 fully saturated rings. The van der Waals surface area contributed by atoms with Crippen LogP contribution in [0.1, 0.15) is 37.7 Å². The largest absolute Gasteiger partial charge is 0.241 e. The summed E-state index contributed by atoms with van der Waals surface area (Å²) < 4.78 is 0. The minimum Gasteiger partial charge on any atom is -0.241 e. The van der Waals surface area contributed by atoms with Gasteiger partial charge in [-0.25, -0.2) is 9.97 Å². The van der Waals surface area contributed by atoms with E-state index in [1.54, 1.807) is 6.20 Å². The number of alkyl halides is 1. The van der Waals surface area contributed by atoms with Crippen LogP contribution in [0.25, 0.3) is 0 Å². The van der Waals surface area contributed by atoms with Crippen molar-refractivity contribution in [3.63, 3.8) is 0 Å². The van der Waals surface area contributed by atoms with Gasteiger partial charge in [-0.3, -0.25) is 0 Å². The van der Waals surface area contributed by atoms with E-state index in [1.807, 2.05) is 6.07 Å². The van der Waals surface area contributed by atoms with Crippen LogP contribution < -0.4 is 0 Å². The monoisotopic (exact) mass is 198 g/mol. The Morgan fingerprint density at radius 2 is 2.23 bits per heavy atom. The molecule has 2 nitrogen and oxygen atoms in total. The van der Waals surface area contributed by atoms with Crippen molar-refractivity contribution >= 4 is 11.6 Å². The van der Waals surface area contributed by atoms with Crippen LogP contribution in [0.3, 0.4) is 0 Å². The van der Waals surface area contributed by atoms with Gasteiger partial charge in [0.05, 0.1) is 11.6 Å². The molecule has 0 saturated heterocycles. The number of aryl methyl sites for hydroxylation is 1. The van der Waals surface area contributed by atoms with Crippen LogP contribution in [0.2, 0.25) is 0 Å². The van der Waals surface area contributed by atoms with Crippen LogP contribution in [0.5, 0.6) is 0 Å². The van der Waals surface area contributed by atoms with Crippen molar-refractivity contribution in [2.75, 3.05) is 0 Å². The van der Waals surface area contributed by atoms with Crippen LogP contribution in [-0.2, 0) is 12.3 Å². The van der Waals surface area contributed by atoms with E-state index in [-0.39, 0.29) is 0 Å². The summed E-state index contributed by atoms with van der Waals surface area (Å²) in [7, 11) is 0. The highest BCUT2D eigenvalue weighted by Gasteiger charge is 1.97. The molecule has 0 amide bonds. The number of halogens is 1. The van der Waals surface area contributed by atoms with Crippen molar-refractivity contribution in [1.82, 2.24) is 9.97 Å². The highest BCUT2D eigenvalue weighted by molar-refractivity contribution is 6.16. The summed E-state index contributed by atoms with van der Waals surface area (Å²) in [5, 5.41) is 0. The zero-order chi connectivity index (χ0) is 9.52. The summed E-state index contributed by atoms with van der Waals surface area (Å²) in [5.74, 6) is 1.40. The van der Waals surface area contributed by atoms with Crippen LogP contribution in [-0.4, -0.2) is 9.97 Å². The zero-order valence-electron chi connectivity index (χ0n) is 7.96. The number of hydrogen-bond acceptors (Lipinski definition) is 2. The van der Waals surface area contributed by atoms with Gasteiger partial charge < -0.3 is 0 Å². The minimum absolute atomic E-state index is 0.475. The first-order valence-corrected chi connectivity index (χ1v) is 5.27. The van der Waals surface area contributed by atoms with Gasteiger partial charge in [0.2, 0.25) is 0 Å². The first-order valence-electron chi connectivity index (χ1n) is 4.73. The van der Waals surface area contributed by atoms with Gasteiger partial charge in [-0.15, -0.1) is 11.6 Å². The molecule has 3 heteroatoms. The van der Waals surface area contributed by atoms with Crippen molar-refractivity contribution in [3.8, 4) is 0 Å². The van der Waals surface area contributed by atoms with Gasteiger partial charge in [-0.1, -0.05) is 19.8 Å². The third-order valence-corrected chi connectivity index (χ3v) is 2.18. The fourth-order valence-corrected chi connectivity index (χ4v) is 1.32. The molecule has 0 aromatic carbocycles. The van der Waals surface area contributed by atoms with Crippen molar-refractivity contribution in [2.45, 2.75) is 38.5 Å². The SMILES string of the molecule is CCCCCc1nccc(CCl)n1. The van der Waals surface area contributed by atoms with Gasteiger partial charge >= 0.3 is 0 Å². The number of unbranched alkanes of at least 4 members (excludes halogenated alkanes) is 2. The second-order valence-corrected chi connectivity index (χ2v) is 3.32. The highest BCUT2D eigenvalue weighted by Crippen LogP contribution is 2.04. The molecule has 0 bridgehead atoms. The maximum Gasteiger partial charge on any atom is 0.128 e. The summed E-state index contributed by atoms with van der Waals surface area (Å²) in [4.78, 5) is 8.51. The summed E-state index contributed by atoms with van der Waals surface area (Å²) in [6.45, 7) is 2.19. The van der Waals surface area contributed by atoms with Gasteiger partial charge in [0.25, 0.3) is 0 Å². The molecule has 0 radical (unpaired) electrons. The quantitative estimate of drug-likeness (QED) is 0.537. The maximum atomic E-state index is 5.67. The van der Waals surface area contributed by atoms with E-state index < -0.39 is 0 Å². The van der Waals surface area contributed by atoms with Gasteiger partial charge in [-0.05, 0) is 12.5 Å². The third-order valence-electron chi connectivity index (χ3n) is 1.90. The lowest BCUT2D eigenvalue weighted by Gasteiger charge is -2.00. The Morgan fingerprint density at radius 1 is 1.38 bits per heavy atom. The Balaban J connectivity index is 2.46. The van der Waals surface area contributed by atoms with Crippen LogP contribution in [0.15, 0.2) is 12.3 Å². The van der Waals surface area contributed by atoms with E-state index in [4.69, 9.17) is 11.6 Å². The molecule has 72 valence electrons. The molecule has 1 aromatic rings. The van der Waals surface area contributed by atoms with E-state index in [0.29, 0.717) is 5.88 Å². The molecule has 0 spiro atoms. The van der Waals surface area contributed by atoms with Crippen molar-refractivity contribution in [2.24, 2.45) is 0 Å². The minimum atomic E-state index is 0.475. The zero-order valence-corrected chi connectivity index (χ0v) is 8.72. The predicted molar refractivity (Wildman–Crippen MR) is 54.8 cm³/mol. The van der Waals surface area contributed by atoms with E-state index in [0.717, 1.165) is 17.9 Å². The molecular weight excluding hydrogens is 184 g/mol. The first-order chi connectivity index (χ1) is 6.36. The number of aromatic nitrogens is 2. The highest BCUT2D eigenvalue weighted by atomic mass is 35.5. The second kappa shape index (κ2) is 5.92. The average Bonchev–Trinajstić information content (AvgIpc) is 2.19. The van der Waals surface area contributed by atoms with Gasteiger partial charge in [-0.2, -0.15) is 0 Å². The predicted octanol–water partition coefficient (Wildman–Crippen LogP) is 2.95. The molecule has 1 aromatic heterocycles.